The number of carbonyl (C=O) groups is 1. The minimum Gasteiger partial charge on any atom is -0.399 e. The zero-order chi connectivity index (χ0) is 16.9. The molecule has 0 bridgehead atoms. The zero-order valence-corrected chi connectivity index (χ0v) is 16.7. The topological polar surface area (TPSA) is 58.4 Å². The first-order chi connectivity index (χ1) is 11.6. The van der Waals surface area contributed by atoms with E-state index in [9.17, 15) is 4.79 Å². The molecule has 1 fully saturated rings. The second-order valence-corrected chi connectivity index (χ2v) is 6.59. The number of hydrogen-bond donors (Lipinski definition) is 2. The lowest BCUT2D eigenvalue weighted by Crippen LogP contribution is -2.36. The van der Waals surface area contributed by atoms with Gasteiger partial charge in [0.25, 0.3) is 5.91 Å². The van der Waals surface area contributed by atoms with Crippen molar-refractivity contribution in [3.05, 3.63) is 64.7 Å². The number of hydrogen-bond acceptors (Lipinski definition) is 3. The molecule has 0 aromatic heterocycles. The van der Waals surface area contributed by atoms with E-state index in [1.165, 1.54) is 12.8 Å². The average Bonchev–Trinajstić information content (AvgIpc) is 3.09. The molecule has 0 aliphatic carbocycles. The molecule has 142 valence electrons. The molecule has 4 nitrogen and oxygen atoms in total. The van der Waals surface area contributed by atoms with Crippen molar-refractivity contribution in [3.8, 4) is 0 Å². The van der Waals surface area contributed by atoms with Crippen molar-refractivity contribution in [2.45, 2.75) is 18.9 Å². The quantitative estimate of drug-likeness (QED) is 0.713. The molecule has 3 N–H and O–H groups in total. The zero-order valence-electron chi connectivity index (χ0n) is 14.4. The summed E-state index contributed by atoms with van der Waals surface area (Å²) in [5, 5.41) is 3.76. The number of carbonyl (C=O) groups excluding carboxylic acids is 1. The molecular weight excluding hydrogens is 393 g/mol. The highest BCUT2D eigenvalue weighted by atomic mass is 35.5. The van der Waals surface area contributed by atoms with Gasteiger partial charge in [-0.25, -0.2) is 0 Å². The van der Waals surface area contributed by atoms with Crippen LogP contribution in [0.25, 0.3) is 0 Å². The molecule has 7 heteroatoms. The third-order valence-corrected chi connectivity index (χ3v) is 4.65. The molecule has 1 saturated heterocycles. The summed E-state index contributed by atoms with van der Waals surface area (Å²) in [5.41, 5.74) is 8.07. The Morgan fingerprint density at radius 3 is 2.46 bits per heavy atom. The van der Waals surface area contributed by atoms with Crippen LogP contribution < -0.4 is 11.1 Å². The molecule has 1 atom stereocenters. The van der Waals surface area contributed by atoms with Crippen LogP contribution in [0.5, 0.6) is 0 Å². The van der Waals surface area contributed by atoms with Crippen LogP contribution >= 0.6 is 36.4 Å². The lowest BCUT2D eigenvalue weighted by atomic mass is 10.1. The van der Waals surface area contributed by atoms with Crippen molar-refractivity contribution in [3.63, 3.8) is 0 Å². The number of halogens is 3. The van der Waals surface area contributed by atoms with Crippen molar-refractivity contribution in [2.75, 3.05) is 25.4 Å². The van der Waals surface area contributed by atoms with Crippen molar-refractivity contribution in [2.24, 2.45) is 0 Å². The minimum absolute atomic E-state index is 0. The molecule has 3 rings (SSSR count). The van der Waals surface area contributed by atoms with E-state index >= 15 is 0 Å². The largest absolute Gasteiger partial charge is 0.399 e. The maximum atomic E-state index is 12.4. The number of nitrogens with two attached hydrogens (primary N) is 1. The number of nitrogens with one attached hydrogen (secondary N) is 1. The summed E-state index contributed by atoms with van der Waals surface area (Å²) in [6.45, 7) is 2.64. The second-order valence-electron chi connectivity index (χ2n) is 6.15. The summed E-state index contributed by atoms with van der Waals surface area (Å²) in [6, 6.07) is 15.1. The number of anilines is 1. The van der Waals surface area contributed by atoms with Gasteiger partial charge in [-0.15, -0.1) is 24.8 Å². The fourth-order valence-electron chi connectivity index (χ4n) is 3.20. The number of rotatable bonds is 5. The molecule has 2 aromatic rings. The third-order valence-electron chi connectivity index (χ3n) is 4.42. The Labute approximate surface area is 171 Å². The van der Waals surface area contributed by atoms with Crippen molar-refractivity contribution >= 4 is 48.0 Å². The molecule has 0 saturated carbocycles. The van der Waals surface area contributed by atoms with Gasteiger partial charge >= 0.3 is 0 Å². The van der Waals surface area contributed by atoms with E-state index in [0.29, 0.717) is 17.8 Å². The summed E-state index contributed by atoms with van der Waals surface area (Å²) < 4.78 is 0. The molecule has 1 heterocycles. The lowest BCUT2D eigenvalue weighted by molar-refractivity contribution is 0.0938. The van der Waals surface area contributed by atoms with Gasteiger partial charge in [-0.05, 0) is 61.8 Å². The normalized spacial score (nSPS) is 14.8. The van der Waals surface area contributed by atoms with Gasteiger partial charge in [0, 0.05) is 22.8 Å². The molecule has 1 aliphatic heterocycles. The predicted octanol–water partition coefficient (Wildman–Crippen LogP) is 4.33. The van der Waals surface area contributed by atoms with Crippen molar-refractivity contribution in [1.82, 2.24) is 10.2 Å². The number of amides is 1. The van der Waals surface area contributed by atoms with Gasteiger partial charge in [0.05, 0.1) is 6.04 Å². The van der Waals surface area contributed by atoms with Gasteiger partial charge in [0.1, 0.15) is 0 Å². The van der Waals surface area contributed by atoms with E-state index in [1.807, 2.05) is 18.2 Å². The van der Waals surface area contributed by atoms with Gasteiger partial charge in [-0.1, -0.05) is 29.8 Å². The van der Waals surface area contributed by atoms with Gasteiger partial charge in [-0.2, -0.15) is 0 Å². The van der Waals surface area contributed by atoms with Gasteiger partial charge in [0.15, 0.2) is 0 Å². The highest BCUT2D eigenvalue weighted by Gasteiger charge is 2.24. The Bertz CT molecular complexity index is 721. The van der Waals surface area contributed by atoms with E-state index in [1.54, 1.807) is 24.3 Å². The van der Waals surface area contributed by atoms with Crippen LogP contribution in [0.3, 0.4) is 0 Å². The van der Waals surface area contributed by atoms with Gasteiger partial charge < -0.3 is 11.1 Å². The minimum atomic E-state index is -0.103. The molecule has 1 amide bonds. The lowest BCUT2D eigenvalue weighted by Gasteiger charge is -2.28. The van der Waals surface area contributed by atoms with E-state index in [4.69, 9.17) is 17.3 Å². The molecule has 2 aromatic carbocycles. The maximum absolute atomic E-state index is 12.4. The smallest absolute Gasteiger partial charge is 0.251 e. The Kier molecular flexibility index (Phi) is 9.23. The Hall–Kier alpha value is -1.46. The first-order valence-electron chi connectivity index (χ1n) is 8.27. The monoisotopic (exact) mass is 415 g/mol. The van der Waals surface area contributed by atoms with E-state index in [0.717, 1.165) is 23.7 Å². The maximum Gasteiger partial charge on any atom is 0.251 e. The summed E-state index contributed by atoms with van der Waals surface area (Å²) in [5.74, 6) is -0.103. The third kappa shape index (κ3) is 5.78. The van der Waals surface area contributed by atoms with Gasteiger partial charge in [0.2, 0.25) is 0 Å². The highest BCUT2D eigenvalue weighted by Crippen LogP contribution is 2.26. The van der Waals surface area contributed by atoms with Crippen LogP contribution in [0, 0.1) is 0 Å². The Balaban J connectivity index is 0.00000169. The molecule has 1 aliphatic rings. The fraction of sp³-hybridized carbons (Fsp3) is 0.316. The molecule has 26 heavy (non-hydrogen) atoms. The predicted molar refractivity (Wildman–Crippen MR) is 113 cm³/mol. The van der Waals surface area contributed by atoms with Crippen molar-refractivity contribution < 1.29 is 4.79 Å². The van der Waals surface area contributed by atoms with E-state index < -0.39 is 0 Å². The summed E-state index contributed by atoms with van der Waals surface area (Å²) in [6.07, 6.45) is 2.39. The number of benzene rings is 2. The summed E-state index contributed by atoms with van der Waals surface area (Å²) >= 11 is 6.15. The Morgan fingerprint density at radius 1 is 1.12 bits per heavy atom. The number of likely N-dealkylation sites (tertiary alicyclic amines) is 1. The SMILES string of the molecule is Cl.Cl.Nc1cccc(C(=O)NCC(c2cccc(Cl)c2)N2CCCC2)c1. The standard InChI is InChI=1S/C19H22ClN3O.2ClH/c20-16-7-3-5-14(11-16)18(23-9-1-2-10-23)13-22-19(24)15-6-4-8-17(21)12-15;;/h3-8,11-12,18H,1-2,9-10,13,21H2,(H,22,24);2*1H. The van der Waals surface area contributed by atoms with Crippen LogP contribution in [0.2, 0.25) is 5.02 Å². The fourth-order valence-corrected chi connectivity index (χ4v) is 3.39. The molecule has 0 radical (unpaired) electrons. The molecule has 1 unspecified atom stereocenters. The molecular formula is C19H24Cl3N3O. The van der Waals surface area contributed by atoms with Crippen LogP contribution in [0.4, 0.5) is 5.69 Å². The van der Waals surface area contributed by atoms with E-state index in [-0.39, 0.29) is 36.8 Å². The van der Waals surface area contributed by atoms with Crippen LogP contribution in [0.15, 0.2) is 48.5 Å². The summed E-state index contributed by atoms with van der Waals surface area (Å²) in [4.78, 5) is 14.8. The van der Waals surface area contributed by atoms with Crippen LogP contribution in [-0.4, -0.2) is 30.4 Å². The first-order valence-corrected chi connectivity index (χ1v) is 8.64. The van der Waals surface area contributed by atoms with E-state index in [2.05, 4.69) is 16.3 Å². The van der Waals surface area contributed by atoms with Crippen molar-refractivity contribution in [1.29, 1.82) is 0 Å². The van der Waals surface area contributed by atoms with Gasteiger partial charge in [-0.3, -0.25) is 9.69 Å². The van der Waals surface area contributed by atoms with Crippen LogP contribution in [-0.2, 0) is 0 Å². The number of nitrogens with zero attached hydrogens (tertiary/aromatic N) is 1. The first kappa shape index (κ1) is 22.6. The van der Waals surface area contributed by atoms with Crippen LogP contribution in [0.1, 0.15) is 34.8 Å². The summed E-state index contributed by atoms with van der Waals surface area (Å²) in [7, 11) is 0. The average molecular weight is 417 g/mol. The molecule has 0 spiro atoms. The number of nitrogen functional groups attached to an aromatic ring is 1. The highest BCUT2D eigenvalue weighted by molar-refractivity contribution is 6.30. The Morgan fingerprint density at radius 2 is 1.81 bits per heavy atom. The second kappa shape index (κ2) is 10.6.